The van der Waals surface area contributed by atoms with E-state index in [0.717, 1.165) is 19.3 Å². The molecule has 0 aliphatic heterocycles. The standard InChI is InChI=1S/C11H17ClO2/c1-11(2)5-3-9(7-11)4-6-14-10(13)8-12/h3H,4-8H2,1-2H3. The van der Waals surface area contributed by atoms with E-state index >= 15 is 0 Å². The van der Waals surface area contributed by atoms with Crippen LogP contribution in [0.15, 0.2) is 11.6 Å². The fourth-order valence-corrected chi connectivity index (χ4v) is 1.78. The second kappa shape index (κ2) is 4.83. The number of hydrogen-bond donors (Lipinski definition) is 0. The molecule has 3 heteroatoms. The van der Waals surface area contributed by atoms with E-state index in [1.807, 2.05) is 0 Å². The van der Waals surface area contributed by atoms with Crippen LogP contribution in [0.5, 0.6) is 0 Å². The molecule has 0 amide bonds. The SMILES string of the molecule is CC1(C)CC=C(CCOC(=O)CCl)C1. The third-order valence-corrected chi connectivity index (χ3v) is 2.66. The first-order valence-corrected chi connectivity index (χ1v) is 5.46. The number of carbonyl (C=O) groups is 1. The summed E-state index contributed by atoms with van der Waals surface area (Å²) >= 11 is 5.30. The van der Waals surface area contributed by atoms with E-state index in [2.05, 4.69) is 19.9 Å². The Labute approximate surface area is 90.3 Å². The van der Waals surface area contributed by atoms with E-state index < -0.39 is 0 Å². The third kappa shape index (κ3) is 3.70. The van der Waals surface area contributed by atoms with Gasteiger partial charge in [0, 0.05) is 6.42 Å². The maximum atomic E-state index is 10.7. The largest absolute Gasteiger partial charge is 0.464 e. The van der Waals surface area contributed by atoms with Gasteiger partial charge in [0.15, 0.2) is 0 Å². The minimum Gasteiger partial charge on any atom is -0.464 e. The molecule has 0 aromatic rings. The minimum absolute atomic E-state index is 0.0511. The number of halogens is 1. The van der Waals surface area contributed by atoms with Gasteiger partial charge in [-0.2, -0.15) is 0 Å². The van der Waals surface area contributed by atoms with Crippen LogP contribution in [0, 0.1) is 5.41 Å². The highest BCUT2D eigenvalue weighted by molar-refractivity contribution is 6.26. The number of allylic oxidation sites excluding steroid dienone is 1. The van der Waals surface area contributed by atoms with Gasteiger partial charge in [-0.25, -0.2) is 0 Å². The van der Waals surface area contributed by atoms with Crippen molar-refractivity contribution in [1.82, 2.24) is 0 Å². The molecule has 1 aliphatic rings. The summed E-state index contributed by atoms with van der Waals surface area (Å²) in [4.78, 5) is 10.7. The van der Waals surface area contributed by atoms with Crippen molar-refractivity contribution >= 4 is 17.6 Å². The van der Waals surface area contributed by atoms with E-state index in [1.54, 1.807) is 0 Å². The molecule has 2 nitrogen and oxygen atoms in total. The highest BCUT2D eigenvalue weighted by Gasteiger charge is 2.23. The summed E-state index contributed by atoms with van der Waals surface area (Å²) in [5, 5.41) is 0. The second-order valence-electron chi connectivity index (χ2n) is 4.51. The molecule has 0 aromatic carbocycles. The number of hydrogen-bond acceptors (Lipinski definition) is 2. The number of esters is 1. The molecule has 0 radical (unpaired) electrons. The lowest BCUT2D eigenvalue weighted by Crippen LogP contribution is -2.08. The normalized spacial score (nSPS) is 19.2. The molecule has 0 aromatic heterocycles. The van der Waals surface area contributed by atoms with Crippen LogP contribution in [0.3, 0.4) is 0 Å². The lowest BCUT2D eigenvalue weighted by molar-refractivity contribution is -0.140. The summed E-state index contributed by atoms with van der Waals surface area (Å²) in [6.07, 6.45) is 5.36. The van der Waals surface area contributed by atoms with Crippen LogP contribution < -0.4 is 0 Å². The Morgan fingerprint density at radius 3 is 2.86 bits per heavy atom. The summed E-state index contributed by atoms with van der Waals surface area (Å²) in [5.74, 6) is -0.380. The fraction of sp³-hybridized carbons (Fsp3) is 0.727. The number of rotatable bonds is 4. The van der Waals surface area contributed by atoms with Gasteiger partial charge < -0.3 is 4.74 Å². The monoisotopic (exact) mass is 216 g/mol. The molecule has 0 spiro atoms. The highest BCUT2D eigenvalue weighted by Crippen LogP contribution is 2.37. The van der Waals surface area contributed by atoms with Crippen molar-refractivity contribution in [3.05, 3.63) is 11.6 Å². The van der Waals surface area contributed by atoms with Gasteiger partial charge in [0.05, 0.1) is 6.61 Å². The number of alkyl halides is 1. The lowest BCUT2D eigenvalue weighted by atomic mass is 9.89. The Morgan fingerprint density at radius 2 is 2.36 bits per heavy atom. The van der Waals surface area contributed by atoms with Crippen molar-refractivity contribution in [2.75, 3.05) is 12.5 Å². The Morgan fingerprint density at radius 1 is 1.64 bits per heavy atom. The smallest absolute Gasteiger partial charge is 0.320 e. The molecule has 0 saturated heterocycles. The van der Waals surface area contributed by atoms with Crippen molar-refractivity contribution in [1.29, 1.82) is 0 Å². The number of ether oxygens (including phenoxy) is 1. The molecular weight excluding hydrogens is 200 g/mol. The summed E-state index contributed by atoms with van der Waals surface area (Å²) in [5.41, 5.74) is 1.80. The summed E-state index contributed by atoms with van der Waals surface area (Å²) in [6, 6.07) is 0. The number of carbonyl (C=O) groups excluding carboxylic acids is 1. The molecule has 0 fully saturated rings. The van der Waals surface area contributed by atoms with E-state index in [-0.39, 0.29) is 11.8 Å². The molecule has 1 aliphatic carbocycles. The van der Waals surface area contributed by atoms with Crippen LogP contribution in [0.25, 0.3) is 0 Å². The van der Waals surface area contributed by atoms with Crippen molar-refractivity contribution in [2.24, 2.45) is 5.41 Å². The first-order valence-electron chi connectivity index (χ1n) is 4.93. The Balaban J connectivity index is 2.18. The van der Waals surface area contributed by atoms with Gasteiger partial charge in [-0.15, -0.1) is 11.6 Å². The third-order valence-electron chi connectivity index (χ3n) is 2.44. The van der Waals surface area contributed by atoms with Gasteiger partial charge in [-0.3, -0.25) is 4.79 Å². The lowest BCUT2D eigenvalue weighted by Gasteiger charge is -2.16. The Kier molecular flexibility index (Phi) is 3.99. The highest BCUT2D eigenvalue weighted by atomic mass is 35.5. The maximum absolute atomic E-state index is 10.7. The zero-order chi connectivity index (χ0) is 10.6. The van der Waals surface area contributed by atoms with E-state index in [1.165, 1.54) is 5.57 Å². The fourth-order valence-electron chi connectivity index (χ4n) is 1.70. The van der Waals surface area contributed by atoms with Gasteiger partial charge in [-0.1, -0.05) is 25.5 Å². The molecule has 14 heavy (non-hydrogen) atoms. The van der Waals surface area contributed by atoms with E-state index in [4.69, 9.17) is 16.3 Å². The predicted molar refractivity (Wildman–Crippen MR) is 57.4 cm³/mol. The summed E-state index contributed by atoms with van der Waals surface area (Å²) in [7, 11) is 0. The van der Waals surface area contributed by atoms with E-state index in [0.29, 0.717) is 12.0 Å². The topological polar surface area (TPSA) is 26.3 Å². The zero-order valence-corrected chi connectivity index (χ0v) is 9.56. The summed E-state index contributed by atoms with van der Waals surface area (Å²) in [6.45, 7) is 4.97. The molecule has 0 heterocycles. The predicted octanol–water partition coefficient (Wildman–Crippen LogP) is 2.90. The molecule has 0 unspecified atom stereocenters. The van der Waals surface area contributed by atoms with Crippen LogP contribution in [-0.4, -0.2) is 18.5 Å². The van der Waals surface area contributed by atoms with Gasteiger partial charge in [0.2, 0.25) is 0 Å². The van der Waals surface area contributed by atoms with Gasteiger partial charge >= 0.3 is 5.97 Å². The van der Waals surface area contributed by atoms with Crippen molar-refractivity contribution in [3.63, 3.8) is 0 Å². The van der Waals surface area contributed by atoms with Crippen molar-refractivity contribution in [3.8, 4) is 0 Å². The first-order chi connectivity index (χ1) is 6.53. The molecular formula is C11H17ClO2. The van der Waals surface area contributed by atoms with Crippen LogP contribution >= 0.6 is 11.6 Å². The van der Waals surface area contributed by atoms with Gasteiger partial charge in [-0.05, 0) is 18.3 Å². The quantitative estimate of drug-likeness (QED) is 0.410. The van der Waals surface area contributed by atoms with Crippen molar-refractivity contribution < 1.29 is 9.53 Å². The van der Waals surface area contributed by atoms with Crippen LogP contribution in [0.1, 0.15) is 33.1 Å². The minimum atomic E-state index is -0.329. The van der Waals surface area contributed by atoms with Crippen LogP contribution in [0.2, 0.25) is 0 Å². The van der Waals surface area contributed by atoms with Crippen LogP contribution in [0.4, 0.5) is 0 Å². The van der Waals surface area contributed by atoms with Gasteiger partial charge in [0.1, 0.15) is 5.88 Å². The first kappa shape index (κ1) is 11.6. The Hall–Kier alpha value is -0.500. The molecule has 0 bridgehead atoms. The molecule has 0 saturated carbocycles. The molecule has 80 valence electrons. The average molecular weight is 217 g/mol. The van der Waals surface area contributed by atoms with Gasteiger partial charge in [0.25, 0.3) is 0 Å². The Bertz CT molecular complexity index is 244. The molecule has 0 atom stereocenters. The zero-order valence-electron chi connectivity index (χ0n) is 8.81. The average Bonchev–Trinajstić information content (AvgIpc) is 2.45. The van der Waals surface area contributed by atoms with Crippen LogP contribution in [-0.2, 0) is 9.53 Å². The molecule has 1 rings (SSSR count). The molecule has 0 N–H and O–H groups in total. The maximum Gasteiger partial charge on any atom is 0.320 e. The second-order valence-corrected chi connectivity index (χ2v) is 4.78. The summed E-state index contributed by atoms with van der Waals surface area (Å²) < 4.78 is 4.91. The van der Waals surface area contributed by atoms with Crippen molar-refractivity contribution in [2.45, 2.75) is 33.1 Å². The van der Waals surface area contributed by atoms with E-state index in [9.17, 15) is 4.79 Å².